The van der Waals surface area contributed by atoms with Gasteiger partial charge in [-0.25, -0.2) is 4.98 Å². The molecule has 2 amide bonds. The largest absolute Gasteiger partial charge is 0.368 e. The Bertz CT molecular complexity index is 725. The van der Waals surface area contributed by atoms with Crippen LogP contribution in [0.1, 0.15) is 16.8 Å². The third kappa shape index (κ3) is 3.42. The molecular formula is C12H14N4O3S2. The number of amides is 2. The summed E-state index contributed by atoms with van der Waals surface area (Å²) in [5, 5.41) is 4.19. The highest BCUT2D eigenvalue weighted by Crippen LogP contribution is 2.06. The quantitative estimate of drug-likeness (QED) is 0.782. The molecule has 0 fully saturated rings. The molecule has 0 saturated carbocycles. The molecule has 0 unspecified atom stereocenters. The van der Waals surface area contributed by atoms with Gasteiger partial charge in [-0.05, 0) is 18.4 Å². The molecule has 0 bridgehead atoms. The maximum atomic E-state index is 12.1. The van der Waals surface area contributed by atoms with E-state index in [4.69, 9.17) is 5.73 Å². The van der Waals surface area contributed by atoms with Gasteiger partial charge in [-0.1, -0.05) is 0 Å². The third-order valence-corrected chi connectivity index (χ3v) is 4.26. The van der Waals surface area contributed by atoms with Gasteiger partial charge in [-0.3, -0.25) is 18.8 Å². The van der Waals surface area contributed by atoms with Crippen molar-refractivity contribution in [1.82, 2.24) is 14.7 Å². The Labute approximate surface area is 128 Å². The van der Waals surface area contributed by atoms with Crippen molar-refractivity contribution in [3.05, 3.63) is 33.7 Å². The molecule has 21 heavy (non-hydrogen) atoms. The predicted octanol–water partition coefficient (Wildman–Crippen LogP) is 0.0928. The van der Waals surface area contributed by atoms with Gasteiger partial charge in [0.05, 0.1) is 0 Å². The SMILES string of the molecule is CSCC[C@H](NC(=O)c1cnc2sccn2c1=O)C(N)=O. The molecule has 0 spiro atoms. The van der Waals surface area contributed by atoms with Crippen LogP contribution in [0.4, 0.5) is 0 Å². The number of carbonyl (C=O) groups is 2. The number of nitrogens with two attached hydrogens (primary N) is 1. The topological polar surface area (TPSA) is 107 Å². The Kier molecular flexibility index (Phi) is 4.97. The van der Waals surface area contributed by atoms with E-state index in [1.807, 2.05) is 6.26 Å². The first-order valence-corrected chi connectivity index (χ1v) is 8.36. The molecular weight excluding hydrogens is 312 g/mol. The average molecular weight is 326 g/mol. The number of thiazole rings is 1. The van der Waals surface area contributed by atoms with Crippen LogP contribution < -0.4 is 16.6 Å². The summed E-state index contributed by atoms with van der Waals surface area (Å²) in [4.78, 5) is 40.2. The highest BCUT2D eigenvalue weighted by Gasteiger charge is 2.21. The van der Waals surface area contributed by atoms with Crippen LogP contribution in [0.25, 0.3) is 4.96 Å². The minimum absolute atomic E-state index is 0.110. The van der Waals surface area contributed by atoms with Crippen molar-refractivity contribution >= 4 is 39.9 Å². The number of carbonyl (C=O) groups excluding carboxylic acids is 2. The lowest BCUT2D eigenvalue weighted by Gasteiger charge is -2.14. The fourth-order valence-corrected chi connectivity index (χ4v) is 2.88. The van der Waals surface area contributed by atoms with Crippen LogP contribution in [-0.2, 0) is 4.79 Å². The Balaban J connectivity index is 2.23. The minimum atomic E-state index is -0.799. The molecule has 7 nitrogen and oxygen atoms in total. The van der Waals surface area contributed by atoms with Gasteiger partial charge in [-0.15, -0.1) is 11.3 Å². The summed E-state index contributed by atoms with van der Waals surface area (Å²) in [7, 11) is 0. The zero-order valence-corrected chi connectivity index (χ0v) is 12.9. The second kappa shape index (κ2) is 6.72. The van der Waals surface area contributed by atoms with Crippen molar-refractivity contribution in [2.24, 2.45) is 5.73 Å². The molecule has 2 aromatic rings. The maximum absolute atomic E-state index is 12.1. The normalized spacial score (nSPS) is 12.2. The summed E-state index contributed by atoms with van der Waals surface area (Å²) in [6.07, 6.45) is 5.07. The highest BCUT2D eigenvalue weighted by molar-refractivity contribution is 7.98. The number of fused-ring (bicyclic) bond motifs is 1. The lowest BCUT2D eigenvalue weighted by atomic mass is 10.2. The molecule has 9 heteroatoms. The predicted molar refractivity (Wildman–Crippen MR) is 82.8 cm³/mol. The molecule has 2 rings (SSSR count). The van der Waals surface area contributed by atoms with Crippen LogP contribution >= 0.6 is 23.1 Å². The van der Waals surface area contributed by atoms with Gasteiger partial charge in [-0.2, -0.15) is 11.8 Å². The fraction of sp³-hybridized carbons (Fsp3) is 0.333. The van der Waals surface area contributed by atoms with Crippen LogP contribution in [0.5, 0.6) is 0 Å². The molecule has 0 aliphatic carbocycles. The van der Waals surface area contributed by atoms with Gasteiger partial charge in [0.1, 0.15) is 11.6 Å². The first kappa shape index (κ1) is 15.5. The van der Waals surface area contributed by atoms with Crippen molar-refractivity contribution in [3.8, 4) is 0 Å². The molecule has 0 radical (unpaired) electrons. The molecule has 0 saturated heterocycles. The van der Waals surface area contributed by atoms with Gasteiger partial charge in [0.2, 0.25) is 5.91 Å². The summed E-state index contributed by atoms with van der Waals surface area (Å²) in [6.45, 7) is 0. The Morgan fingerprint density at radius 2 is 2.33 bits per heavy atom. The standard InChI is InChI=1S/C12H14N4O3S2/c1-20-4-2-8(9(13)17)15-10(18)7-6-14-12-16(11(7)19)3-5-21-12/h3,5-6,8H,2,4H2,1H3,(H2,13,17)(H,15,18)/t8-/m0/s1. The van der Waals surface area contributed by atoms with E-state index in [2.05, 4.69) is 10.3 Å². The van der Waals surface area contributed by atoms with Crippen LogP contribution in [0, 0.1) is 0 Å². The number of primary amides is 1. The van der Waals surface area contributed by atoms with E-state index in [9.17, 15) is 14.4 Å². The number of nitrogens with zero attached hydrogens (tertiary/aromatic N) is 2. The smallest absolute Gasteiger partial charge is 0.271 e. The Morgan fingerprint density at radius 3 is 3.00 bits per heavy atom. The number of thioether (sulfide) groups is 1. The summed E-state index contributed by atoms with van der Waals surface area (Å²) in [6, 6.07) is -0.799. The summed E-state index contributed by atoms with van der Waals surface area (Å²) >= 11 is 2.84. The van der Waals surface area contributed by atoms with Crippen molar-refractivity contribution < 1.29 is 9.59 Å². The Morgan fingerprint density at radius 1 is 1.57 bits per heavy atom. The lowest BCUT2D eigenvalue weighted by molar-refractivity contribution is -0.119. The zero-order chi connectivity index (χ0) is 15.4. The summed E-state index contributed by atoms with van der Waals surface area (Å²) in [5.41, 5.74) is 4.68. The minimum Gasteiger partial charge on any atom is -0.368 e. The van der Waals surface area contributed by atoms with Crippen molar-refractivity contribution in [2.45, 2.75) is 12.5 Å². The number of nitrogens with one attached hydrogen (secondary N) is 1. The van der Waals surface area contributed by atoms with Crippen LogP contribution in [0.2, 0.25) is 0 Å². The van der Waals surface area contributed by atoms with E-state index in [1.54, 1.807) is 23.3 Å². The molecule has 0 aliphatic rings. The second-order valence-electron chi connectivity index (χ2n) is 4.24. The number of aromatic nitrogens is 2. The van der Waals surface area contributed by atoms with Gasteiger partial charge >= 0.3 is 0 Å². The molecule has 1 atom stereocenters. The Hall–Kier alpha value is -1.87. The number of hydrogen-bond donors (Lipinski definition) is 2. The summed E-state index contributed by atoms with van der Waals surface area (Å²) in [5.74, 6) is -0.589. The molecule has 2 heterocycles. The zero-order valence-electron chi connectivity index (χ0n) is 11.2. The van der Waals surface area contributed by atoms with E-state index < -0.39 is 23.4 Å². The van der Waals surface area contributed by atoms with Gasteiger partial charge < -0.3 is 11.1 Å². The number of rotatable bonds is 6. The molecule has 3 N–H and O–H groups in total. The van der Waals surface area contributed by atoms with Crippen LogP contribution in [0.3, 0.4) is 0 Å². The first-order chi connectivity index (χ1) is 10.0. The van der Waals surface area contributed by atoms with E-state index in [1.165, 1.54) is 21.9 Å². The fourth-order valence-electron chi connectivity index (χ4n) is 1.74. The van der Waals surface area contributed by atoms with Crippen LogP contribution in [-0.4, -0.2) is 39.2 Å². The molecule has 2 aromatic heterocycles. The van der Waals surface area contributed by atoms with Crippen molar-refractivity contribution in [3.63, 3.8) is 0 Å². The molecule has 0 aliphatic heterocycles. The van der Waals surface area contributed by atoms with Crippen molar-refractivity contribution in [2.75, 3.05) is 12.0 Å². The second-order valence-corrected chi connectivity index (χ2v) is 6.10. The van der Waals surface area contributed by atoms with Gasteiger partial charge in [0.15, 0.2) is 4.96 Å². The van der Waals surface area contributed by atoms with E-state index >= 15 is 0 Å². The molecule has 0 aromatic carbocycles. The van der Waals surface area contributed by atoms with Gasteiger partial charge in [0.25, 0.3) is 11.5 Å². The molecule has 112 valence electrons. The number of hydrogen-bond acceptors (Lipinski definition) is 6. The summed E-state index contributed by atoms with van der Waals surface area (Å²) < 4.78 is 1.29. The van der Waals surface area contributed by atoms with E-state index in [-0.39, 0.29) is 5.56 Å². The maximum Gasteiger partial charge on any atom is 0.271 e. The third-order valence-electron chi connectivity index (χ3n) is 2.85. The van der Waals surface area contributed by atoms with Crippen molar-refractivity contribution in [1.29, 1.82) is 0 Å². The van der Waals surface area contributed by atoms with E-state index in [0.717, 1.165) is 0 Å². The van der Waals surface area contributed by atoms with E-state index in [0.29, 0.717) is 17.1 Å². The first-order valence-electron chi connectivity index (χ1n) is 6.08. The lowest BCUT2D eigenvalue weighted by Crippen LogP contribution is -2.46. The van der Waals surface area contributed by atoms with Gasteiger partial charge in [0, 0.05) is 17.8 Å². The monoisotopic (exact) mass is 326 g/mol. The average Bonchev–Trinajstić information content (AvgIpc) is 2.92. The highest BCUT2D eigenvalue weighted by atomic mass is 32.2. The van der Waals surface area contributed by atoms with Crippen LogP contribution in [0.15, 0.2) is 22.6 Å².